The molecule has 0 aromatic carbocycles. The Hall–Kier alpha value is -2.09. The molecule has 1 aromatic heterocycles. The highest BCUT2D eigenvalue weighted by molar-refractivity contribution is 5.94. The number of amides is 1. The number of nitriles is 1. The Kier molecular flexibility index (Phi) is 4.23. The van der Waals surface area contributed by atoms with Crippen LogP contribution in [0, 0.1) is 16.7 Å². The van der Waals surface area contributed by atoms with E-state index in [0.29, 0.717) is 18.6 Å². The second kappa shape index (κ2) is 5.91. The summed E-state index contributed by atoms with van der Waals surface area (Å²) >= 11 is 0. The normalized spacial score (nSPS) is 18.2. The van der Waals surface area contributed by atoms with Crippen LogP contribution >= 0.6 is 0 Å². The topological polar surface area (TPSA) is 83.1 Å². The zero-order chi connectivity index (χ0) is 14.6. The van der Waals surface area contributed by atoms with Gasteiger partial charge < -0.3 is 9.73 Å². The van der Waals surface area contributed by atoms with Crippen LogP contribution in [0.3, 0.4) is 0 Å². The number of carbonyl (C=O) groups excluding carboxylic acids is 2. The van der Waals surface area contributed by atoms with Gasteiger partial charge in [0.1, 0.15) is 5.41 Å². The third-order valence-corrected chi connectivity index (χ3v) is 3.77. The van der Waals surface area contributed by atoms with Gasteiger partial charge in [0.25, 0.3) is 0 Å². The fourth-order valence-electron chi connectivity index (χ4n) is 2.60. The quantitative estimate of drug-likeness (QED) is 0.836. The predicted molar refractivity (Wildman–Crippen MR) is 71.8 cm³/mol. The number of hydrogen-bond acceptors (Lipinski definition) is 4. The lowest BCUT2D eigenvalue weighted by Crippen LogP contribution is -2.43. The van der Waals surface area contributed by atoms with E-state index in [0.717, 1.165) is 12.8 Å². The Morgan fingerprint density at radius 1 is 1.50 bits per heavy atom. The molecule has 0 bridgehead atoms. The third-order valence-electron chi connectivity index (χ3n) is 3.77. The Balaban J connectivity index is 1.91. The summed E-state index contributed by atoms with van der Waals surface area (Å²) in [5, 5.41) is 12.0. The van der Waals surface area contributed by atoms with Crippen LogP contribution in [0.15, 0.2) is 22.8 Å². The predicted octanol–water partition coefficient (Wildman–Crippen LogP) is 2.44. The summed E-state index contributed by atoms with van der Waals surface area (Å²) in [6, 6.07) is 5.09. The molecule has 1 aliphatic rings. The Labute approximate surface area is 117 Å². The molecule has 1 aromatic rings. The molecule has 0 aliphatic heterocycles. The second-order valence-corrected chi connectivity index (χ2v) is 5.38. The summed E-state index contributed by atoms with van der Waals surface area (Å²) in [5.41, 5.74) is -0.901. The molecular weight excluding hydrogens is 256 g/mol. The van der Waals surface area contributed by atoms with Gasteiger partial charge in [-0.15, -0.1) is 0 Å². The van der Waals surface area contributed by atoms with E-state index in [4.69, 9.17) is 4.42 Å². The molecule has 1 amide bonds. The van der Waals surface area contributed by atoms with E-state index in [9.17, 15) is 14.9 Å². The summed E-state index contributed by atoms with van der Waals surface area (Å²) in [6.07, 6.45) is 4.63. The minimum atomic E-state index is -0.901. The fraction of sp³-hybridized carbons (Fsp3) is 0.533. The lowest BCUT2D eigenvalue weighted by atomic mass is 9.86. The number of ketones is 1. The van der Waals surface area contributed by atoms with E-state index in [2.05, 4.69) is 11.4 Å². The van der Waals surface area contributed by atoms with Crippen LogP contribution < -0.4 is 5.32 Å². The first-order valence-corrected chi connectivity index (χ1v) is 6.86. The first kappa shape index (κ1) is 14.3. The van der Waals surface area contributed by atoms with E-state index < -0.39 is 5.41 Å². The van der Waals surface area contributed by atoms with Gasteiger partial charge >= 0.3 is 0 Å². The maximum absolute atomic E-state index is 12.2. The van der Waals surface area contributed by atoms with Crippen LogP contribution in [0.5, 0.6) is 0 Å². The molecule has 20 heavy (non-hydrogen) atoms. The van der Waals surface area contributed by atoms with Crippen molar-refractivity contribution < 1.29 is 14.0 Å². The summed E-state index contributed by atoms with van der Waals surface area (Å²) < 4.78 is 5.03. The van der Waals surface area contributed by atoms with Crippen LogP contribution in [-0.4, -0.2) is 17.7 Å². The van der Waals surface area contributed by atoms with Gasteiger partial charge in [-0.2, -0.15) is 5.26 Å². The molecule has 1 aliphatic carbocycles. The van der Waals surface area contributed by atoms with Gasteiger partial charge in [0.2, 0.25) is 5.91 Å². The largest absolute Gasteiger partial charge is 0.461 e. The number of Topliss-reactive ketones (excluding diaryl/α,β-unsaturated/α-hetero) is 1. The molecule has 0 radical (unpaired) electrons. The van der Waals surface area contributed by atoms with Crippen molar-refractivity contribution in [2.24, 2.45) is 5.41 Å². The SMILES string of the molecule is C[C@H](CC(=O)c1ccco1)NC(=O)C1(C#N)CCCC1. The third kappa shape index (κ3) is 2.90. The van der Waals surface area contributed by atoms with Crippen molar-refractivity contribution in [3.8, 4) is 6.07 Å². The molecule has 0 spiro atoms. The number of nitrogens with one attached hydrogen (secondary N) is 1. The first-order valence-electron chi connectivity index (χ1n) is 6.86. The maximum atomic E-state index is 12.2. The van der Waals surface area contributed by atoms with Crippen LogP contribution in [0.2, 0.25) is 0 Å². The van der Waals surface area contributed by atoms with Gasteiger partial charge in [-0.25, -0.2) is 0 Å². The van der Waals surface area contributed by atoms with Crippen LogP contribution in [0.25, 0.3) is 0 Å². The zero-order valence-electron chi connectivity index (χ0n) is 11.5. The molecule has 1 N–H and O–H groups in total. The molecular formula is C15H18N2O3. The molecule has 1 heterocycles. The average Bonchev–Trinajstić information content (AvgIpc) is 3.10. The molecule has 106 valence electrons. The zero-order valence-corrected chi connectivity index (χ0v) is 11.5. The van der Waals surface area contributed by atoms with Crippen LogP contribution in [-0.2, 0) is 4.79 Å². The highest BCUT2D eigenvalue weighted by atomic mass is 16.3. The summed E-state index contributed by atoms with van der Waals surface area (Å²) in [5.74, 6) is -0.112. The molecule has 5 heteroatoms. The smallest absolute Gasteiger partial charge is 0.240 e. The molecule has 0 unspecified atom stereocenters. The second-order valence-electron chi connectivity index (χ2n) is 5.38. The van der Waals surface area contributed by atoms with Gasteiger partial charge in [0, 0.05) is 12.5 Å². The molecule has 2 rings (SSSR count). The molecule has 1 atom stereocenters. The highest BCUT2D eigenvalue weighted by Gasteiger charge is 2.41. The van der Waals surface area contributed by atoms with Gasteiger partial charge in [-0.05, 0) is 31.9 Å². The number of rotatable bonds is 5. The number of carbonyl (C=O) groups is 2. The average molecular weight is 274 g/mol. The molecule has 5 nitrogen and oxygen atoms in total. The van der Waals surface area contributed by atoms with E-state index in [-0.39, 0.29) is 24.2 Å². The van der Waals surface area contributed by atoms with Crippen molar-refractivity contribution in [2.75, 3.05) is 0 Å². The fourth-order valence-corrected chi connectivity index (χ4v) is 2.60. The van der Waals surface area contributed by atoms with Crippen molar-refractivity contribution in [1.82, 2.24) is 5.32 Å². The minimum absolute atomic E-state index is 0.153. The first-order chi connectivity index (χ1) is 9.57. The molecule has 1 fully saturated rings. The van der Waals surface area contributed by atoms with Gasteiger partial charge in [-0.3, -0.25) is 9.59 Å². The lowest BCUT2D eigenvalue weighted by molar-refractivity contribution is -0.128. The van der Waals surface area contributed by atoms with Crippen molar-refractivity contribution in [3.63, 3.8) is 0 Å². The summed E-state index contributed by atoms with van der Waals surface area (Å²) in [4.78, 5) is 24.1. The summed E-state index contributed by atoms with van der Waals surface area (Å²) in [7, 11) is 0. The van der Waals surface area contributed by atoms with Crippen molar-refractivity contribution in [2.45, 2.75) is 45.1 Å². The number of hydrogen-bond donors (Lipinski definition) is 1. The van der Waals surface area contributed by atoms with Crippen LogP contribution in [0.4, 0.5) is 0 Å². The van der Waals surface area contributed by atoms with E-state index in [1.54, 1.807) is 19.1 Å². The summed E-state index contributed by atoms with van der Waals surface area (Å²) in [6.45, 7) is 1.76. The Bertz CT molecular complexity index is 522. The molecule has 1 saturated carbocycles. The van der Waals surface area contributed by atoms with Gasteiger partial charge in [-0.1, -0.05) is 12.8 Å². The van der Waals surface area contributed by atoms with Gasteiger partial charge in [0.05, 0.1) is 12.3 Å². The van der Waals surface area contributed by atoms with Crippen LogP contribution in [0.1, 0.15) is 49.6 Å². The van der Waals surface area contributed by atoms with Crippen molar-refractivity contribution in [1.29, 1.82) is 5.26 Å². The molecule has 0 saturated heterocycles. The lowest BCUT2D eigenvalue weighted by Gasteiger charge is -2.22. The standard InChI is InChI=1S/C15H18N2O3/c1-11(9-12(18)13-5-4-8-20-13)17-14(19)15(10-16)6-2-3-7-15/h4-5,8,11H,2-3,6-7,9H2,1H3,(H,17,19)/t11-/m1/s1. The van der Waals surface area contributed by atoms with E-state index in [1.165, 1.54) is 6.26 Å². The van der Waals surface area contributed by atoms with E-state index >= 15 is 0 Å². The monoisotopic (exact) mass is 274 g/mol. The Morgan fingerprint density at radius 3 is 2.75 bits per heavy atom. The number of nitrogens with zero attached hydrogens (tertiary/aromatic N) is 1. The van der Waals surface area contributed by atoms with Crippen molar-refractivity contribution >= 4 is 11.7 Å². The Morgan fingerprint density at radius 2 is 2.20 bits per heavy atom. The minimum Gasteiger partial charge on any atom is -0.461 e. The van der Waals surface area contributed by atoms with Crippen molar-refractivity contribution in [3.05, 3.63) is 24.2 Å². The van der Waals surface area contributed by atoms with E-state index in [1.807, 2.05) is 0 Å². The maximum Gasteiger partial charge on any atom is 0.240 e. The highest BCUT2D eigenvalue weighted by Crippen LogP contribution is 2.37. The number of furan rings is 1. The van der Waals surface area contributed by atoms with Gasteiger partial charge in [0.15, 0.2) is 11.5 Å².